The van der Waals surface area contributed by atoms with Gasteiger partial charge in [0.25, 0.3) is 5.91 Å². The SMILES string of the molecule is COc1cccc2[nH]c(C(=O)N3C[C@@H]4CCC[C@@H]4[C@@H]3C(=O)N[C@@H](C[C@@H]3CCNC3=O)C(=O)CO)cc12. The highest BCUT2D eigenvalue weighted by Crippen LogP contribution is 2.43. The van der Waals surface area contributed by atoms with Crippen molar-refractivity contribution in [2.45, 2.75) is 44.2 Å². The van der Waals surface area contributed by atoms with E-state index in [4.69, 9.17) is 4.74 Å². The number of Topliss-reactive ketones (excluding diaryl/α,β-unsaturated/α-hetero) is 1. The average Bonchev–Trinajstić information content (AvgIpc) is 3.66. The molecule has 0 bridgehead atoms. The third-order valence-corrected chi connectivity index (χ3v) is 8.04. The van der Waals surface area contributed by atoms with E-state index in [1.165, 1.54) is 0 Å². The number of carbonyl (C=O) groups is 4. The molecule has 36 heavy (non-hydrogen) atoms. The van der Waals surface area contributed by atoms with Gasteiger partial charge in [-0.1, -0.05) is 12.5 Å². The summed E-state index contributed by atoms with van der Waals surface area (Å²) in [7, 11) is 1.57. The molecule has 2 saturated heterocycles. The average molecular weight is 497 g/mol. The third-order valence-electron chi connectivity index (χ3n) is 8.04. The summed E-state index contributed by atoms with van der Waals surface area (Å²) in [6.45, 7) is 0.273. The van der Waals surface area contributed by atoms with Crippen molar-refractivity contribution in [1.29, 1.82) is 0 Å². The Kier molecular flexibility index (Phi) is 6.70. The number of hydrogen-bond donors (Lipinski definition) is 4. The number of hydrogen-bond acceptors (Lipinski definition) is 6. The third kappa shape index (κ3) is 4.34. The summed E-state index contributed by atoms with van der Waals surface area (Å²) in [4.78, 5) is 56.6. The van der Waals surface area contributed by atoms with Crippen LogP contribution in [-0.4, -0.2) is 77.4 Å². The lowest BCUT2D eigenvalue weighted by Gasteiger charge is -2.29. The Labute approximate surface area is 208 Å². The van der Waals surface area contributed by atoms with Gasteiger partial charge in [0.05, 0.1) is 13.2 Å². The van der Waals surface area contributed by atoms with E-state index < -0.39 is 36.3 Å². The highest BCUT2D eigenvalue weighted by molar-refractivity contribution is 6.02. The fraction of sp³-hybridized carbons (Fsp3) is 0.538. The van der Waals surface area contributed by atoms with E-state index in [9.17, 15) is 24.3 Å². The number of carbonyl (C=O) groups excluding carboxylic acids is 4. The number of nitrogens with zero attached hydrogens (tertiary/aromatic N) is 1. The number of aliphatic hydroxyl groups is 1. The van der Waals surface area contributed by atoms with Crippen LogP contribution in [0.1, 0.15) is 42.6 Å². The fourth-order valence-electron chi connectivity index (χ4n) is 6.22. The van der Waals surface area contributed by atoms with Crippen molar-refractivity contribution >= 4 is 34.4 Å². The predicted octanol–water partition coefficient (Wildman–Crippen LogP) is 0.990. The molecule has 1 saturated carbocycles. The fourth-order valence-corrected chi connectivity index (χ4v) is 6.22. The summed E-state index contributed by atoms with van der Waals surface area (Å²) in [5.74, 6) is -0.889. The maximum Gasteiger partial charge on any atom is 0.271 e. The van der Waals surface area contributed by atoms with Gasteiger partial charge in [0.2, 0.25) is 11.8 Å². The number of likely N-dealkylation sites (tertiary alicyclic amines) is 1. The number of fused-ring (bicyclic) bond motifs is 2. The largest absolute Gasteiger partial charge is 0.496 e. The van der Waals surface area contributed by atoms with Gasteiger partial charge >= 0.3 is 0 Å². The first kappa shape index (κ1) is 24.3. The van der Waals surface area contributed by atoms with Gasteiger partial charge in [-0.25, -0.2) is 0 Å². The van der Waals surface area contributed by atoms with Crippen LogP contribution in [0.3, 0.4) is 0 Å². The molecule has 3 aliphatic rings. The molecule has 3 amide bonds. The van der Waals surface area contributed by atoms with Crippen molar-refractivity contribution in [2.24, 2.45) is 17.8 Å². The number of rotatable bonds is 8. The Bertz CT molecular complexity index is 1190. The zero-order chi connectivity index (χ0) is 25.4. The zero-order valence-electron chi connectivity index (χ0n) is 20.3. The zero-order valence-corrected chi connectivity index (χ0v) is 20.3. The molecule has 10 heteroatoms. The quantitative estimate of drug-likeness (QED) is 0.430. The van der Waals surface area contributed by atoms with Crippen LogP contribution in [-0.2, 0) is 14.4 Å². The molecule has 1 aromatic carbocycles. The number of ether oxygens (including phenoxy) is 1. The number of ketones is 1. The first-order chi connectivity index (χ1) is 17.4. The molecule has 0 radical (unpaired) electrons. The smallest absolute Gasteiger partial charge is 0.271 e. The van der Waals surface area contributed by atoms with Gasteiger partial charge in [0, 0.05) is 29.9 Å². The molecule has 4 N–H and O–H groups in total. The second kappa shape index (κ2) is 9.93. The van der Waals surface area contributed by atoms with E-state index in [-0.39, 0.29) is 30.1 Å². The maximum absolute atomic E-state index is 13.7. The molecule has 10 nitrogen and oxygen atoms in total. The van der Waals surface area contributed by atoms with Crippen LogP contribution in [0.15, 0.2) is 24.3 Å². The summed E-state index contributed by atoms with van der Waals surface area (Å²) in [5.41, 5.74) is 1.14. The number of aliphatic hydroxyl groups excluding tert-OH is 1. The van der Waals surface area contributed by atoms with Crippen LogP contribution in [0.2, 0.25) is 0 Å². The highest BCUT2D eigenvalue weighted by Gasteiger charge is 2.50. The van der Waals surface area contributed by atoms with Crippen molar-refractivity contribution < 1.29 is 29.0 Å². The van der Waals surface area contributed by atoms with Gasteiger partial charge in [-0.3, -0.25) is 19.2 Å². The first-order valence-corrected chi connectivity index (χ1v) is 12.6. The van der Waals surface area contributed by atoms with Gasteiger partial charge in [-0.15, -0.1) is 0 Å². The van der Waals surface area contributed by atoms with Crippen molar-refractivity contribution in [3.63, 3.8) is 0 Å². The van der Waals surface area contributed by atoms with Crippen LogP contribution in [0, 0.1) is 17.8 Å². The molecule has 5 rings (SSSR count). The minimum Gasteiger partial charge on any atom is -0.496 e. The highest BCUT2D eigenvalue weighted by atomic mass is 16.5. The second-order valence-electron chi connectivity index (χ2n) is 10.1. The monoisotopic (exact) mass is 496 g/mol. The molecule has 3 fully saturated rings. The van der Waals surface area contributed by atoms with Crippen LogP contribution < -0.4 is 15.4 Å². The summed E-state index contributed by atoms with van der Waals surface area (Å²) in [5, 5.41) is 15.8. The van der Waals surface area contributed by atoms with E-state index in [1.807, 2.05) is 18.2 Å². The van der Waals surface area contributed by atoms with Crippen molar-refractivity contribution in [3.8, 4) is 5.75 Å². The Hall–Kier alpha value is -3.40. The number of amides is 3. The second-order valence-corrected chi connectivity index (χ2v) is 10.1. The number of aromatic amines is 1. The van der Waals surface area contributed by atoms with Gasteiger partial charge < -0.3 is 30.4 Å². The number of H-pyrrole nitrogens is 1. The molecule has 192 valence electrons. The molecule has 1 aliphatic carbocycles. The van der Waals surface area contributed by atoms with Crippen molar-refractivity contribution in [1.82, 2.24) is 20.5 Å². The number of aromatic nitrogens is 1. The van der Waals surface area contributed by atoms with E-state index in [1.54, 1.807) is 18.1 Å². The van der Waals surface area contributed by atoms with Gasteiger partial charge in [-0.05, 0) is 55.7 Å². The topological polar surface area (TPSA) is 141 Å². The van der Waals surface area contributed by atoms with Crippen molar-refractivity contribution in [2.75, 3.05) is 26.8 Å². The Morgan fingerprint density at radius 3 is 2.81 bits per heavy atom. The molecule has 1 aromatic heterocycles. The van der Waals surface area contributed by atoms with E-state index >= 15 is 0 Å². The van der Waals surface area contributed by atoms with Crippen LogP contribution in [0.4, 0.5) is 0 Å². The number of benzene rings is 1. The molecule has 2 aliphatic heterocycles. The standard InChI is InChI=1S/C26H32N4O6/c1-36-22-7-3-6-18-17(22)11-20(28-18)26(35)30-12-15-4-2-5-16(15)23(30)25(34)29-19(21(32)13-31)10-14-8-9-27-24(14)33/h3,6-7,11,14-16,19,23,28,31H,2,4-5,8-10,12-13H2,1H3,(H,27,33)(H,29,34)/t14-,15-,16-,19-,23+/m0/s1. The number of methoxy groups -OCH3 is 1. The minimum absolute atomic E-state index is 0.00696. The maximum atomic E-state index is 13.7. The van der Waals surface area contributed by atoms with E-state index in [0.29, 0.717) is 31.0 Å². The van der Waals surface area contributed by atoms with E-state index in [2.05, 4.69) is 15.6 Å². The Morgan fingerprint density at radius 1 is 1.25 bits per heavy atom. The summed E-state index contributed by atoms with van der Waals surface area (Å²) >= 11 is 0. The molecular formula is C26H32N4O6. The predicted molar refractivity (Wildman–Crippen MR) is 130 cm³/mol. The lowest BCUT2D eigenvalue weighted by molar-refractivity contribution is -0.133. The van der Waals surface area contributed by atoms with Crippen LogP contribution in [0.25, 0.3) is 10.9 Å². The molecular weight excluding hydrogens is 464 g/mol. The molecule has 3 heterocycles. The Balaban J connectivity index is 1.39. The van der Waals surface area contributed by atoms with Gasteiger partial charge in [0.15, 0.2) is 5.78 Å². The summed E-state index contributed by atoms with van der Waals surface area (Å²) < 4.78 is 5.42. The lowest BCUT2D eigenvalue weighted by atomic mass is 9.92. The summed E-state index contributed by atoms with van der Waals surface area (Å²) in [6.07, 6.45) is 3.47. The van der Waals surface area contributed by atoms with Crippen LogP contribution in [0.5, 0.6) is 5.75 Å². The van der Waals surface area contributed by atoms with Crippen molar-refractivity contribution in [3.05, 3.63) is 30.0 Å². The molecule has 5 atom stereocenters. The Morgan fingerprint density at radius 2 is 2.08 bits per heavy atom. The van der Waals surface area contributed by atoms with Gasteiger partial charge in [-0.2, -0.15) is 0 Å². The minimum atomic E-state index is -0.980. The van der Waals surface area contributed by atoms with Gasteiger partial charge in [0.1, 0.15) is 24.1 Å². The lowest BCUT2D eigenvalue weighted by Crippen LogP contribution is -2.53. The first-order valence-electron chi connectivity index (χ1n) is 12.6. The normalized spacial score (nSPS) is 26.1. The van der Waals surface area contributed by atoms with E-state index in [0.717, 1.165) is 30.2 Å². The molecule has 0 spiro atoms. The molecule has 2 aromatic rings. The van der Waals surface area contributed by atoms with Crippen LogP contribution >= 0.6 is 0 Å². The molecule has 0 unspecified atom stereocenters. The number of nitrogens with one attached hydrogen (secondary N) is 3. The summed E-state index contributed by atoms with van der Waals surface area (Å²) in [6, 6.07) is 5.57.